The van der Waals surface area contributed by atoms with Gasteiger partial charge in [-0.2, -0.15) is 0 Å². The van der Waals surface area contributed by atoms with Crippen molar-refractivity contribution in [2.24, 2.45) is 0 Å². The lowest BCUT2D eigenvalue weighted by Gasteiger charge is -2.52. The van der Waals surface area contributed by atoms with Gasteiger partial charge in [0.05, 0.1) is 25.6 Å². The normalized spacial score (nSPS) is 26.3. The van der Waals surface area contributed by atoms with Gasteiger partial charge in [-0.05, 0) is 43.5 Å². The van der Waals surface area contributed by atoms with E-state index in [0.29, 0.717) is 24.6 Å². The number of hydrogen-bond donors (Lipinski definition) is 3. The molecule has 10 nitrogen and oxygen atoms in total. The maximum atomic E-state index is 5.88. The Morgan fingerprint density at radius 2 is 1.97 bits per heavy atom. The van der Waals surface area contributed by atoms with Crippen LogP contribution in [0.25, 0.3) is 5.57 Å². The SMILES string of the molecule is CCOC1=CN2NC3NNCC3=C2C(c2ccc(N3CC4CCC3CN4Cc3ccc(OC)nc3)nc2)=C1. The zero-order valence-corrected chi connectivity index (χ0v) is 21.9. The van der Waals surface area contributed by atoms with Crippen molar-refractivity contribution in [1.82, 2.24) is 36.2 Å². The summed E-state index contributed by atoms with van der Waals surface area (Å²) in [5.74, 6) is 2.57. The fourth-order valence-corrected chi connectivity index (χ4v) is 6.34. The molecule has 2 aromatic heterocycles. The lowest BCUT2D eigenvalue weighted by molar-refractivity contribution is 0.0884. The number of hydrogen-bond acceptors (Lipinski definition) is 10. The number of hydrazine groups is 2. The van der Waals surface area contributed by atoms with Gasteiger partial charge in [0, 0.05) is 73.4 Å². The first-order chi connectivity index (χ1) is 18.7. The van der Waals surface area contributed by atoms with Crippen molar-refractivity contribution in [3.05, 3.63) is 77.1 Å². The molecule has 0 amide bonds. The summed E-state index contributed by atoms with van der Waals surface area (Å²) in [5, 5.41) is 2.08. The first kappa shape index (κ1) is 23.7. The minimum absolute atomic E-state index is 0.0819. The molecule has 0 spiro atoms. The molecule has 3 atom stereocenters. The number of allylic oxidation sites excluding steroid dienone is 2. The molecule has 2 bridgehead atoms. The van der Waals surface area contributed by atoms with Crippen molar-refractivity contribution in [3.63, 3.8) is 0 Å². The van der Waals surface area contributed by atoms with E-state index < -0.39 is 0 Å². The molecule has 0 aliphatic carbocycles. The minimum atomic E-state index is 0.0819. The van der Waals surface area contributed by atoms with Crippen LogP contribution in [-0.2, 0) is 11.3 Å². The zero-order valence-electron chi connectivity index (χ0n) is 21.9. The molecule has 10 heteroatoms. The first-order valence-corrected chi connectivity index (χ1v) is 13.5. The number of ether oxygens (including phenoxy) is 2. The predicted octanol–water partition coefficient (Wildman–Crippen LogP) is 2.12. The standard InChI is InChI=1S/C28H34N8O2/c1-3-38-22-10-23(27-24-13-31-32-28(24)33-36(27)17-22)19-5-8-25(29-12-19)35-16-20-6-7-21(35)15-34(20)14-18-4-9-26(37-2)30-11-18/h4-5,8-12,17,20-21,28,31-33H,3,6-7,13-16H2,1-2H3. The number of nitrogens with one attached hydrogen (secondary N) is 3. The Bertz CT molecular complexity index is 1290. The molecule has 0 saturated carbocycles. The van der Waals surface area contributed by atoms with Crippen LogP contribution in [0.5, 0.6) is 5.88 Å². The predicted molar refractivity (Wildman–Crippen MR) is 144 cm³/mol. The summed E-state index contributed by atoms with van der Waals surface area (Å²) >= 11 is 0. The number of rotatable bonds is 7. The second-order valence-corrected chi connectivity index (χ2v) is 10.4. The van der Waals surface area contributed by atoms with Gasteiger partial charge >= 0.3 is 0 Å². The summed E-state index contributed by atoms with van der Waals surface area (Å²) in [5.41, 5.74) is 16.0. The average Bonchev–Trinajstić information content (AvgIpc) is 3.55. The van der Waals surface area contributed by atoms with Crippen molar-refractivity contribution in [2.75, 3.05) is 38.3 Å². The minimum Gasteiger partial charge on any atom is -0.492 e. The Hall–Kier alpha value is -3.44. The molecule has 4 fully saturated rings. The van der Waals surface area contributed by atoms with Gasteiger partial charge in [0.15, 0.2) is 0 Å². The maximum absolute atomic E-state index is 5.88. The summed E-state index contributed by atoms with van der Waals surface area (Å²) in [6.45, 7) is 6.41. The van der Waals surface area contributed by atoms with Crippen molar-refractivity contribution < 1.29 is 9.47 Å². The van der Waals surface area contributed by atoms with E-state index in [2.05, 4.69) is 60.3 Å². The van der Waals surface area contributed by atoms with Gasteiger partial charge in [0.2, 0.25) is 5.88 Å². The molecular formula is C28H34N8O2. The topological polar surface area (TPSA) is 90.1 Å². The number of piperidine rings is 2. The largest absolute Gasteiger partial charge is 0.492 e. The van der Waals surface area contributed by atoms with Crippen molar-refractivity contribution in [2.45, 2.75) is 44.6 Å². The van der Waals surface area contributed by atoms with Crippen LogP contribution < -0.4 is 25.9 Å². The molecule has 0 radical (unpaired) electrons. The number of methoxy groups -OCH3 is 1. The van der Waals surface area contributed by atoms with E-state index in [1.54, 1.807) is 7.11 Å². The third-order valence-electron chi connectivity index (χ3n) is 8.18. The highest BCUT2D eigenvalue weighted by Crippen LogP contribution is 2.39. The van der Waals surface area contributed by atoms with Gasteiger partial charge < -0.3 is 14.4 Å². The van der Waals surface area contributed by atoms with E-state index in [9.17, 15) is 0 Å². The fraction of sp³-hybridized carbons (Fsp3) is 0.429. The summed E-state index contributed by atoms with van der Waals surface area (Å²) < 4.78 is 11.1. The lowest BCUT2D eigenvalue weighted by atomic mass is 9.90. The number of nitrogens with zero attached hydrogens (tertiary/aromatic N) is 5. The molecule has 8 heterocycles. The van der Waals surface area contributed by atoms with Crippen LogP contribution in [-0.4, -0.2) is 71.5 Å². The van der Waals surface area contributed by atoms with E-state index >= 15 is 0 Å². The molecule has 6 aliphatic rings. The van der Waals surface area contributed by atoms with Crippen LogP contribution >= 0.6 is 0 Å². The van der Waals surface area contributed by atoms with Gasteiger partial charge in [-0.15, -0.1) is 0 Å². The molecule has 198 valence electrons. The fourth-order valence-electron chi connectivity index (χ4n) is 6.34. The van der Waals surface area contributed by atoms with Crippen LogP contribution in [0.15, 0.2) is 66.0 Å². The van der Waals surface area contributed by atoms with Crippen molar-refractivity contribution in [1.29, 1.82) is 0 Å². The Labute approximate surface area is 222 Å². The van der Waals surface area contributed by atoms with Gasteiger partial charge in [0.1, 0.15) is 17.7 Å². The monoisotopic (exact) mass is 514 g/mol. The highest BCUT2D eigenvalue weighted by Gasteiger charge is 2.40. The molecule has 2 aromatic rings. The summed E-state index contributed by atoms with van der Waals surface area (Å²) in [4.78, 5) is 14.5. The van der Waals surface area contributed by atoms with Crippen molar-refractivity contribution >= 4 is 11.4 Å². The number of anilines is 1. The van der Waals surface area contributed by atoms with Crippen molar-refractivity contribution in [3.8, 4) is 5.88 Å². The lowest BCUT2D eigenvalue weighted by Crippen LogP contribution is -2.62. The van der Waals surface area contributed by atoms with Crippen LogP contribution in [0.3, 0.4) is 0 Å². The smallest absolute Gasteiger partial charge is 0.212 e. The summed E-state index contributed by atoms with van der Waals surface area (Å²) in [6, 6.07) is 9.46. The summed E-state index contributed by atoms with van der Waals surface area (Å²) in [6.07, 6.45) is 10.6. The first-order valence-electron chi connectivity index (χ1n) is 13.5. The number of aromatic nitrogens is 2. The Morgan fingerprint density at radius 1 is 1.05 bits per heavy atom. The maximum Gasteiger partial charge on any atom is 0.212 e. The number of fused-ring (bicyclic) bond motifs is 5. The van der Waals surface area contributed by atoms with E-state index in [-0.39, 0.29) is 6.17 Å². The third kappa shape index (κ3) is 4.14. The average molecular weight is 515 g/mol. The molecule has 0 aromatic carbocycles. The van der Waals surface area contributed by atoms with Crippen LogP contribution in [0.1, 0.15) is 30.9 Å². The summed E-state index contributed by atoms with van der Waals surface area (Å²) in [7, 11) is 1.65. The van der Waals surface area contributed by atoms with Gasteiger partial charge in [-0.25, -0.2) is 20.8 Å². The molecular weight excluding hydrogens is 480 g/mol. The molecule has 6 aliphatic heterocycles. The number of pyridine rings is 2. The van der Waals surface area contributed by atoms with Crippen LogP contribution in [0.4, 0.5) is 5.82 Å². The Morgan fingerprint density at radius 3 is 2.71 bits per heavy atom. The van der Waals surface area contributed by atoms with Crippen LogP contribution in [0.2, 0.25) is 0 Å². The zero-order chi connectivity index (χ0) is 25.6. The Balaban J connectivity index is 1.09. The van der Waals surface area contributed by atoms with Gasteiger partial charge in [0.25, 0.3) is 0 Å². The third-order valence-corrected chi connectivity index (χ3v) is 8.18. The van der Waals surface area contributed by atoms with E-state index in [1.165, 1.54) is 29.7 Å². The highest BCUT2D eigenvalue weighted by molar-refractivity contribution is 5.83. The quantitative estimate of drug-likeness (QED) is 0.511. The second-order valence-electron chi connectivity index (χ2n) is 10.4. The second kappa shape index (κ2) is 9.70. The highest BCUT2D eigenvalue weighted by atomic mass is 16.5. The van der Waals surface area contributed by atoms with Gasteiger partial charge in [-0.1, -0.05) is 6.07 Å². The molecule has 3 unspecified atom stereocenters. The van der Waals surface area contributed by atoms with E-state index in [0.717, 1.165) is 48.9 Å². The van der Waals surface area contributed by atoms with E-state index in [4.69, 9.17) is 14.5 Å². The number of piperazine rings is 1. The van der Waals surface area contributed by atoms with Gasteiger partial charge in [-0.3, -0.25) is 15.3 Å². The van der Waals surface area contributed by atoms with E-state index in [1.807, 2.05) is 31.6 Å². The molecule has 38 heavy (non-hydrogen) atoms. The Kier molecular flexibility index (Phi) is 6.04. The molecule has 3 N–H and O–H groups in total. The molecule has 4 saturated heterocycles. The molecule has 8 rings (SSSR count). The van der Waals surface area contributed by atoms with Crippen LogP contribution in [0, 0.1) is 0 Å².